The summed E-state index contributed by atoms with van der Waals surface area (Å²) in [7, 11) is 0. The van der Waals surface area contributed by atoms with Crippen LogP contribution in [0.25, 0.3) is 0 Å². The molecule has 98 valence electrons. The molecule has 6 heteroatoms. The summed E-state index contributed by atoms with van der Waals surface area (Å²) in [5.41, 5.74) is 0.375. The molecule has 0 aliphatic carbocycles. The first-order chi connectivity index (χ1) is 8.47. The number of β-amino-alcohol motifs (C(OH)–C–C–N with tert-alkyl or cyclic N) is 1. The van der Waals surface area contributed by atoms with Gasteiger partial charge in [-0.2, -0.15) is 0 Å². The molecule has 0 aromatic heterocycles. The fourth-order valence-electron chi connectivity index (χ4n) is 2.18. The van der Waals surface area contributed by atoms with Crippen molar-refractivity contribution in [2.24, 2.45) is 0 Å². The summed E-state index contributed by atoms with van der Waals surface area (Å²) in [6, 6.07) is 3.51. The first kappa shape index (κ1) is 13.3. The van der Waals surface area contributed by atoms with Gasteiger partial charge in [-0.15, -0.1) is 0 Å². The summed E-state index contributed by atoms with van der Waals surface area (Å²) in [5, 5.41) is 18.8. The number of carboxylic acids is 1. The first-order valence-corrected chi connectivity index (χ1v) is 5.94. The lowest BCUT2D eigenvalue weighted by Gasteiger charge is -2.20. The van der Waals surface area contributed by atoms with Crippen LogP contribution in [0.15, 0.2) is 18.2 Å². The summed E-state index contributed by atoms with van der Waals surface area (Å²) in [5.74, 6) is -1.46. The Morgan fingerprint density at radius 3 is 2.89 bits per heavy atom. The van der Waals surface area contributed by atoms with E-state index in [1.165, 1.54) is 12.1 Å². The molecule has 4 nitrogen and oxygen atoms in total. The van der Waals surface area contributed by atoms with Crippen LogP contribution in [0.1, 0.15) is 12.0 Å². The van der Waals surface area contributed by atoms with Gasteiger partial charge < -0.3 is 10.2 Å². The third-order valence-corrected chi connectivity index (χ3v) is 3.29. The molecule has 2 atom stereocenters. The zero-order chi connectivity index (χ0) is 13.3. The van der Waals surface area contributed by atoms with Gasteiger partial charge in [-0.1, -0.05) is 17.7 Å². The number of aliphatic hydroxyl groups is 1. The van der Waals surface area contributed by atoms with Crippen LogP contribution < -0.4 is 0 Å². The molecule has 0 bridgehead atoms. The Hall–Kier alpha value is -1.17. The first-order valence-electron chi connectivity index (χ1n) is 5.56. The summed E-state index contributed by atoms with van der Waals surface area (Å²) in [6.45, 7) is 0.385. The van der Waals surface area contributed by atoms with Crippen molar-refractivity contribution in [3.8, 4) is 0 Å². The van der Waals surface area contributed by atoms with Crippen molar-refractivity contribution >= 4 is 17.6 Å². The maximum absolute atomic E-state index is 13.6. The fourth-order valence-corrected chi connectivity index (χ4v) is 2.34. The minimum Gasteiger partial charge on any atom is -0.480 e. The number of carbonyl (C=O) groups is 1. The molecule has 2 N–H and O–H groups in total. The van der Waals surface area contributed by atoms with Crippen molar-refractivity contribution in [1.29, 1.82) is 0 Å². The second-order valence-corrected chi connectivity index (χ2v) is 4.85. The SMILES string of the molecule is O=C(O)C1CC(O)CN1Cc1ccc(Cl)cc1F. The lowest BCUT2D eigenvalue weighted by Crippen LogP contribution is -2.35. The molecular weight excluding hydrogens is 261 g/mol. The van der Waals surface area contributed by atoms with Crippen LogP contribution in [0.3, 0.4) is 0 Å². The van der Waals surface area contributed by atoms with E-state index in [9.17, 15) is 14.3 Å². The third-order valence-electron chi connectivity index (χ3n) is 3.05. The van der Waals surface area contributed by atoms with Crippen molar-refractivity contribution in [3.63, 3.8) is 0 Å². The van der Waals surface area contributed by atoms with Gasteiger partial charge in [0.25, 0.3) is 0 Å². The molecule has 0 saturated carbocycles. The van der Waals surface area contributed by atoms with Gasteiger partial charge in [0.1, 0.15) is 11.9 Å². The lowest BCUT2D eigenvalue weighted by molar-refractivity contribution is -0.142. The number of rotatable bonds is 3. The smallest absolute Gasteiger partial charge is 0.321 e. The zero-order valence-corrected chi connectivity index (χ0v) is 10.3. The van der Waals surface area contributed by atoms with E-state index in [0.717, 1.165) is 0 Å². The maximum Gasteiger partial charge on any atom is 0.321 e. The van der Waals surface area contributed by atoms with E-state index < -0.39 is 23.9 Å². The van der Waals surface area contributed by atoms with Crippen LogP contribution in [0.4, 0.5) is 4.39 Å². The van der Waals surface area contributed by atoms with Gasteiger partial charge in [0, 0.05) is 30.1 Å². The molecule has 1 aliphatic rings. The quantitative estimate of drug-likeness (QED) is 0.876. The lowest BCUT2D eigenvalue weighted by atomic mass is 10.1. The van der Waals surface area contributed by atoms with E-state index >= 15 is 0 Å². The van der Waals surface area contributed by atoms with Crippen molar-refractivity contribution < 1.29 is 19.4 Å². The number of hydrogen-bond acceptors (Lipinski definition) is 3. The monoisotopic (exact) mass is 273 g/mol. The zero-order valence-electron chi connectivity index (χ0n) is 9.51. The topological polar surface area (TPSA) is 60.8 Å². The van der Waals surface area contributed by atoms with Gasteiger partial charge in [-0.05, 0) is 12.1 Å². The minimum absolute atomic E-state index is 0.150. The number of aliphatic hydroxyl groups excluding tert-OH is 1. The molecule has 1 aliphatic heterocycles. The third kappa shape index (κ3) is 2.80. The molecule has 18 heavy (non-hydrogen) atoms. The molecule has 2 unspecified atom stereocenters. The Bertz CT molecular complexity index is 469. The molecule has 0 radical (unpaired) electrons. The Labute approximate surface area is 109 Å². The van der Waals surface area contributed by atoms with E-state index in [0.29, 0.717) is 10.6 Å². The molecule has 1 aromatic rings. The molecule has 1 saturated heterocycles. The molecule has 2 rings (SSSR count). The molecule has 0 spiro atoms. The van der Waals surface area contributed by atoms with Crippen LogP contribution in [-0.2, 0) is 11.3 Å². The highest BCUT2D eigenvalue weighted by atomic mass is 35.5. The second-order valence-electron chi connectivity index (χ2n) is 4.41. The average molecular weight is 274 g/mol. The van der Waals surface area contributed by atoms with Crippen LogP contribution in [0.2, 0.25) is 5.02 Å². The van der Waals surface area contributed by atoms with E-state index in [-0.39, 0.29) is 19.5 Å². The number of nitrogens with zero attached hydrogens (tertiary/aromatic N) is 1. The summed E-state index contributed by atoms with van der Waals surface area (Å²) < 4.78 is 13.6. The fraction of sp³-hybridized carbons (Fsp3) is 0.417. The highest BCUT2D eigenvalue weighted by Crippen LogP contribution is 2.23. The predicted molar refractivity (Wildman–Crippen MR) is 63.9 cm³/mol. The van der Waals surface area contributed by atoms with Crippen molar-refractivity contribution in [2.45, 2.75) is 25.1 Å². The molecule has 1 fully saturated rings. The van der Waals surface area contributed by atoms with Crippen molar-refractivity contribution in [2.75, 3.05) is 6.54 Å². The highest BCUT2D eigenvalue weighted by molar-refractivity contribution is 6.30. The maximum atomic E-state index is 13.6. The van der Waals surface area contributed by atoms with E-state index in [2.05, 4.69) is 0 Å². The number of carboxylic acid groups (broad SMARTS) is 1. The largest absolute Gasteiger partial charge is 0.480 e. The number of aliphatic carboxylic acids is 1. The van der Waals surface area contributed by atoms with Gasteiger partial charge in [0.2, 0.25) is 0 Å². The number of hydrogen-bond donors (Lipinski definition) is 2. The summed E-state index contributed by atoms with van der Waals surface area (Å²) in [6.07, 6.45) is -0.508. The van der Waals surface area contributed by atoms with E-state index in [4.69, 9.17) is 16.7 Å². The number of benzene rings is 1. The van der Waals surface area contributed by atoms with Crippen molar-refractivity contribution in [1.82, 2.24) is 4.90 Å². The normalized spacial score (nSPS) is 24.4. The van der Waals surface area contributed by atoms with Gasteiger partial charge in [-0.3, -0.25) is 9.69 Å². The van der Waals surface area contributed by atoms with Gasteiger partial charge in [0.15, 0.2) is 0 Å². The minimum atomic E-state index is -0.999. The standard InChI is InChI=1S/C12H13ClFNO3/c13-8-2-1-7(10(14)3-8)5-15-6-9(16)4-11(15)12(17)18/h1-3,9,11,16H,4-6H2,(H,17,18). The van der Waals surface area contributed by atoms with Crippen LogP contribution in [-0.4, -0.2) is 39.8 Å². The van der Waals surface area contributed by atoms with Gasteiger partial charge >= 0.3 is 5.97 Å². The average Bonchev–Trinajstić information content (AvgIpc) is 2.64. The number of likely N-dealkylation sites (tertiary alicyclic amines) is 1. The summed E-state index contributed by atoms with van der Waals surface area (Å²) in [4.78, 5) is 12.6. The molecular formula is C12H13ClFNO3. The summed E-state index contributed by atoms with van der Waals surface area (Å²) >= 11 is 5.65. The molecule has 1 heterocycles. The molecule has 1 aromatic carbocycles. The van der Waals surface area contributed by atoms with Crippen LogP contribution >= 0.6 is 11.6 Å². The predicted octanol–water partition coefficient (Wildman–Crippen LogP) is 1.50. The van der Waals surface area contributed by atoms with Gasteiger partial charge in [-0.25, -0.2) is 4.39 Å². The highest BCUT2D eigenvalue weighted by Gasteiger charge is 2.36. The van der Waals surface area contributed by atoms with Crippen LogP contribution in [0.5, 0.6) is 0 Å². The van der Waals surface area contributed by atoms with Crippen molar-refractivity contribution in [3.05, 3.63) is 34.6 Å². The van der Waals surface area contributed by atoms with E-state index in [1.54, 1.807) is 11.0 Å². The Morgan fingerprint density at radius 1 is 1.56 bits per heavy atom. The number of halogens is 2. The van der Waals surface area contributed by atoms with Gasteiger partial charge in [0.05, 0.1) is 6.10 Å². The molecule has 0 amide bonds. The van der Waals surface area contributed by atoms with Crippen LogP contribution in [0, 0.1) is 5.82 Å². The van der Waals surface area contributed by atoms with E-state index in [1.807, 2.05) is 0 Å². The second kappa shape index (κ2) is 5.22. The Kier molecular flexibility index (Phi) is 3.85. The Morgan fingerprint density at radius 2 is 2.28 bits per heavy atom. The Balaban J connectivity index is 2.15.